The van der Waals surface area contributed by atoms with Gasteiger partial charge in [0.2, 0.25) is 11.8 Å². The van der Waals surface area contributed by atoms with E-state index in [0.717, 1.165) is 21.9 Å². The van der Waals surface area contributed by atoms with Gasteiger partial charge in [-0.2, -0.15) is 0 Å². The number of nitrogens with zero attached hydrogens (tertiary/aromatic N) is 2. The molecule has 9 nitrogen and oxygen atoms in total. The number of fused-ring (bicyclic) bond motifs is 3. The lowest BCUT2D eigenvalue weighted by molar-refractivity contribution is -0.135. The Balaban J connectivity index is 1.49. The van der Waals surface area contributed by atoms with Crippen LogP contribution in [0.5, 0.6) is 0 Å². The van der Waals surface area contributed by atoms with Gasteiger partial charge in [-0.25, -0.2) is 9.78 Å². The summed E-state index contributed by atoms with van der Waals surface area (Å²) in [6, 6.07) is 9.14. The Labute approximate surface area is 190 Å². The third-order valence-electron chi connectivity index (χ3n) is 5.36. The van der Waals surface area contributed by atoms with Gasteiger partial charge in [-0.05, 0) is 36.8 Å². The fourth-order valence-electron chi connectivity index (χ4n) is 3.86. The van der Waals surface area contributed by atoms with Crippen molar-refractivity contribution in [3.63, 3.8) is 0 Å². The first-order chi connectivity index (χ1) is 16.1. The zero-order valence-corrected chi connectivity index (χ0v) is 18.2. The summed E-state index contributed by atoms with van der Waals surface area (Å²) in [4.78, 5) is 39.6. The molecule has 0 saturated carbocycles. The van der Waals surface area contributed by atoms with Gasteiger partial charge in [0.1, 0.15) is 18.3 Å². The van der Waals surface area contributed by atoms with Crippen LogP contribution in [0.1, 0.15) is 30.9 Å². The SMILES string of the molecule is CNC(=O)OCCCOCC#Cc1ccc2c(c1)c1cccnc1n2C1CCC(=O)NC1=O. The third-order valence-corrected chi connectivity index (χ3v) is 5.36. The van der Waals surface area contributed by atoms with Crippen molar-refractivity contribution in [1.82, 2.24) is 20.2 Å². The van der Waals surface area contributed by atoms with Crippen LogP contribution in [0.3, 0.4) is 0 Å². The monoisotopic (exact) mass is 448 g/mol. The van der Waals surface area contributed by atoms with E-state index in [9.17, 15) is 14.4 Å². The molecule has 1 atom stereocenters. The minimum absolute atomic E-state index is 0.247. The van der Waals surface area contributed by atoms with Gasteiger partial charge in [-0.1, -0.05) is 11.8 Å². The molecule has 0 aliphatic carbocycles. The molecule has 0 radical (unpaired) electrons. The maximum Gasteiger partial charge on any atom is 0.406 e. The van der Waals surface area contributed by atoms with Crippen molar-refractivity contribution >= 4 is 39.8 Å². The minimum atomic E-state index is -0.490. The van der Waals surface area contributed by atoms with Gasteiger partial charge in [0.15, 0.2) is 0 Å². The van der Waals surface area contributed by atoms with Crippen LogP contribution in [-0.2, 0) is 19.1 Å². The zero-order valence-electron chi connectivity index (χ0n) is 18.2. The molecule has 1 unspecified atom stereocenters. The van der Waals surface area contributed by atoms with Crippen molar-refractivity contribution in [2.75, 3.05) is 26.9 Å². The molecule has 1 aliphatic heterocycles. The number of imide groups is 1. The van der Waals surface area contributed by atoms with Crippen molar-refractivity contribution in [3.05, 3.63) is 42.1 Å². The van der Waals surface area contributed by atoms with Crippen LogP contribution < -0.4 is 10.6 Å². The Morgan fingerprint density at radius 1 is 1.27 bits per heavy atom. The molecule has 3 aromatic rings. The van der Waals surface area contributed by atoms with E-state index in [4.69, 9.17) is 9.47 Å². The Bertz CT molecular complexity index is 1270. The first-order valence-electron chi connectivity index (χ1n) is 10.7. The summed E-state index contributed by atoms with van der Waals surface area (Å²) < 4.78 is 12.3. The van der Waals surface area contributed by atoms with Gasteiger partial charge < -0.3 is 19.4 Å². The summed E-state index contributed by atoms with van der Waals surface area (Å²) in [6.07, 6.45) is 2.56. The standard InChI is InChI=1S/C24H24N4O5/c1-25-24(31)33-14-4-13-32-12-3-5-16-7-8-19-18(15-16)17-6-2-11-26-22(17)28(19)20-9-10-21(29)27-23(20)30/h2,6-8,11,15,20H,4,9-10,12-14H2,1H3,(H,25,31)(H,27,29,30). The second-order valence-corrected chi connectivity index (χ2v) is 7.54. The van der Waals surface area contributed by atoms with E-state index >= 15 is 0 Å². The average molecular weight is 448 g/mol. The number of amides is 3. The van der Waals surface area contributed by atoms with Crippen LogP contribution in [0.25, 0.3) is 21.9 Å². The Kier molecular flexibility index (Phi) is 6.86. The molecule has 1 aromatic carbocycles. The first-order valence-corrected chi connectivity index (χ1v) is 10.7. The lowest BCUT2D eigenvalue weighted by Gasteiger charge is -2.23. The lowest BCUT2D eigenvalue weighted by atomic mass is 10.1. The molecule has 1 fully saturated rings. The molecule has 170 valence electrons. The van der Waals surface area contributed by atoms with Crippen molar-refractivity contribution in [2.24, 2.45) is 0 Å². The normalized spacial score (nSPS) is 15.7. The number of carbonyl (C=O) groups is 3. The van der Waals surface area contributed by atoms with Crippen molar-refractivity contribution in [2.45, 2.75) is 25.3 Å². The minimum Gasteiger partial charge on any atom is -0.449 e. The quantitative estimate of drug-likeness (QED) is 0.340. The highest BCUT2D eigenvalue weighted by Gasteiger charge is 2.30. The van der Waals surface area contributed by atoms with Gasteiger partial charge in [-0.3, -0.25) is 14.9 Å². The van der Waals surface area contributed by atoms with Crippen molar-refractivity contribution in [1.29, 1.82) is 0 Å². The second-order valence-electron chi connectivity index (χ2n) is 7.54. The fourth-order valence-corrected chi connectivity index (χ4v) is 3.86. The molecule has 3 heterocycles. The molecular weight excluding hydrogens is 424 g/mol. The number of benzene rings is 1. The number of nitrogens with one attached hydrogen (secondary N) is 2. The number of hydrogen-bond acceptors (Lipinski definition) is 6. The Morgan fingerprint density at radius 3 is 2.97 bits per heavy atom. The Hall–Kier alpha value is -3.90. The number of hydrogen-bond donors (Lipinski definition) is 2. The molecule has 1 saturated heterocycles. The summed E-state index contributed by atoms with van der Waals surface area (Å²) in [5.41, 5.74) is 2.39. The lowest BCUT2D eigenvalue weighted by Crippen LogP contribution is -2.41. The molecule has 0 spiro atoms. The zero-order chi connectivity index (χ0) is 23.2. The van der Waals surface area contributed by atoms with Crippen LogP contribution >= 0.6 is 0 Å². The van der Waals surface area contributed by atoms with E-state index in [1.54, 1.807) is 6.20 Å². The summed E-state index contributed by atoms with van der Waals surface area (Å²) in [5.74, 6) is 5.54. The van der Waals surface area contributed by atoms with Gasteiger partial charge in [0.25, 0.3) is 0 Å². The van der Waals surface area contributed by atoms with E-state index in [-0.39, 0.29) is 25.0 Å². The van der Waals surface area contributed by atoms with Crippen LogP contribution in [0, 0.1) is 11.8 Å². The predicted octanol–water partition coefficient (Wildman–Crippen LogP) is 2.28. The van der Waals surface area contributed by atoms with Crippen LogP contribution in [0.4, 0.5) is 4.79 Å². The molecule has 9 heteroatoms. The van der Waals surface area contributed by atoms with E-state index in [1.807, 2.05) is 34.9 Å². The second kappa shape index (κ2) is 10.1. The van der Waals surface area contributed by atoms with E-state index in [0.29, 0.717) is 31.5 Å². The number of piperidine rings is 1. The maximum atomic E-state index is 12.5. The van der Waals surface area contributed by atoms with Crippen molar-refractivity contribution < 1.29 is 23.9 Å². The van der Waals surface area contributed by atoms with E-state index < -0.39 is 12.1 Å². The fraction of sp³-hybridized carbons (Fsp3) is 0.333. The van der Waals surface area contributed by atoms with Gasteiger partial charge >= 0.3 is 6.09 Å². The molecule has 1 aliphatic rings. The number of carbonyl (C=O) groups excluding carboxylic acids is 3. The van der Waals surface area contributed by atoms with E-state index in [1.165, 1.54) is 7.05 Å². The van der Waals surface area contributed by atoms with Gasteiger partial charge in [0.05, 0.1) is 18.7 Å². The first kappa shape index (κ1) is 22.3. The number of alkyl carbamates (subject to hydrolysis) is 1. The molecule has 33 heavy (non-hydrogen) atoms. The average Bonchev–Trinajstić information content (AvgIpc) is 3.14. The van der Waals surface area contributed by atoms with Crippen LogP contribution in [0.15, 0.2) is 36.5 Å². The summed E-state index contributed by atoms with van der Waals surface area (Å²) in [6.45, 7) is 0.989. The molecule has 4 rings (SSSR count). The van der Waals surface area contributed by atoms with Gasteiger partial charge in [-0.15, -0.1) is 0 Å². The highest BCUT2D eigenvalue weighted by molar-refractivity contribution is 6.09. The maximum absolute atomic E-state index is 12.5. The highest BCUT2D eigenvalue weighted by atomic mass is 16.5. The van der Waals surface area contributed by atoms with Crippen molar-refractivity contribution in [3.8, 4) is 11.8 Å². The topological polar surface area (TPSA) is 112 Å². The number of rotatable bonds is 6. The number of aromatic nitrogens is 2. The molecular formula is C24H24N4O5. The molecule has 0 bridgehead atoms. The highest BCUT2D eigenvalue weighted by Crippen LogP contribution is 2.33. The molecule has 2 N–H and O–H groups in total. The molecule has 3 amide bonds. The van der Waals surface area contributed by atoms with E-state index in [2.05, 4.69) is 27.5 Å². The number of ether oxygens (including phenoxy) is 2. The predicted molar refractivity (Wildman–Crippen MR) is 121 cm³/mol. The number of pyridine rings is 1. The summed E-state index contributed by atoms with van der Waals surface area (Å²) >= 11 is 0. The summed E-state index contributed by atoms with van der Waals surface area (Å²) in [5, 5.41) is 6.68. The van der Waals surface area contributed by atoms with Gasteiger partial charge in [0, 0.05) is 42.4 Å². The smallest absolute Gasteiger partial charge is 0.406 e. The summed E-state index contributed by atoms with van der Waals surface area (Å²) in [7, 11) is 1.51. The Morgan fingerprint density at radius 2 is 2.15 bits per heavy atom. The van der Waals surface area contributed by atoms with Crippen LogP contribution in [0.2, 0.25) is 0 Å². The van der Waals surface area contributed by atoms with Crippen LogP contribution in [-0.4, -0.2) is 54.3 Å². The third kappa shape index (κ3) is 4.96. The molecule has 2 aromatic heterocycles. The largest absolute Gasteiger partial charge is 0.449 e.